The third-order valence-electron chi connectivity index (χ3n) is 7.01. The van der Waals surface area contributed by atoms with Crippen LogP contribution >= 0.6 is 0 Å². The maximum Gasteiger partial charge on any atom is 0.260 e. The molecule has 0 spiro atoms. The first-order chi connectivity index (χ1) is 16.3. The van der Waals surface area contributed by atoms with Gasteiger partial charge in [0.2, 0.25) is 0 Å². The van der Waals surface area contributed by atoms with Crippen molar-refractivity contribution in [2.45, 2.75) is 110 Å². The van der Waals surface area contributed by atoms with E-state index >= 15 is 0 Å². The van der Waals surface area contributed by atoms with Crippen LogP contribution in [-0.4, -0.2) is 19.2 Å². The number of rotatable bonds is 19. The fraction of sp³-hybridized carbons (Fsp3) is 0.633. The molecule has 3 nitrogen and oxygen atoms in total. The molecular weight excluding hydrogens is 406 g/mol. The second kappa shape index (κ2) is 15.1. The van der Waals surface area contributed by atoms with Gasteiger partial charge >= 0.3 is 0 Å². The molecule has 0 atom stereocenters. The number of anilines is 1. The van der Waals surface area contributed by atoms with E-state index in [0.29, 0.717) is 6.73 Å². The van der Waals surface area contributed by atoms with Crippen LogP contribution in [0.1, 0.15) is 120 Å². The van der Waals surface area contributed by atoms with Gasteiger partial charge in [0, 0.05) is 17.6 Å². The van der Waals surface area contributed by atoms with E-state index < -0.39 is 0 Å². The van der Waals surface area contributed by atoms with Gasteiger partial charge in [-0.2, -0.15) is 0 Å². The number of benzene rings is 2. The Morgan fingerprint density at radius 2 is 1.18 bits per heavy atom. The van der Waals surface area contributed by atoms with Gasteiger partial charge in [-0.1, -0.05) is 128 Å². The van der Waals surface area contributed by atoms with Crippen molar-refractivity contribution in [1.82, 2.24) is 0 Å². The van der Waals surface area contributed by atoms with Crippen molar-refractivity contribution in [2.24, 2.45) is 0 Å². The Morgan fingerprint density at radius 3 is 1.76 bits per heavy atom. The third kappa shape index (κ3) is 8.14. The van der Waals surface area contributed by atoms with Gasteiger partial charge in [-0.15, -0.1) is 0 Å². The minimum atomic E-state index is 0.0637. The van der Waals surface area contributed by atoms with Gasteiger partial charge in [-0.3, -0.25) is 9.69 Å². The second-order valence-electron chi connectivity index (χ2n) is 9.75. The molecule has 1 amide bonds. The summed E-state index contributed by atoms with van der Waals surface area (Å²) in [6.07, 6.45) is 22.0. The molecule has 1 aliphatic rings. The molecule has 182 valence electrons. The van der Waals surface area contributed by atoms with Crippen LogP contribution in [0.15, 0.2) is 36.4 Å². The molecule has 0 saturated heterocycles. The molecule has 0 aliphatic carbocycles. The molecule has 3 heteroatoms. The molecule has 0 radical (unpaired) electrons. The topological polar surface area (TPSA) is 29.5 Å². The van der Waals surface area contributed by atoms with Gasteiger partial charge in [0.1, 0.15) is 6.73 Å². The number of hydrogen-bond acceptors (Lipinski definition) is 2. The summed E-state index contributed by atoms with van der Waals surface area (Å²) in [6, 6.07) is 12.0. The normalized spacial score (nSPS) is 12.9. The summed E-state index contributed by atoms with van der Waals surface area (Å²) in [7, 11) is 0. The van der Waals surface area contributed by atoms with Crippen LogP contribution in [0.25, 0.3) is 10.8 Å². The number of carbonyl (C=O) groups excluding carboxylic acids is 1. The summed E-state index contributed by atoms with van der Waals surface area (Å²) in [4.78, 5) is 14.5. The zero-order valence-electron chi connectivity index (χ0n) is 21.0. The monoisotopic (exact) mass is 451 g/mol. The smallest absolute Gasteiger partial charge is 0.260 e. The molecular formula is C30H45NO2. The Balaban J connectivity index is 1.13. The Hall–Kier alpha value is -1.87. The van der Waals surface area contributed by atoms with Gasteiger partial charge < -0.3 is 4.74 Å². The Kier molecular flexibility index (Phi) is 11.8. The molecule has 3 rings (SSSR count). The Bertz CT molecular complexity index is 826. The number of ether oxygens (including phenoxy) is 1. The third-order valence-corrected chi connectivity index (χ3v) is 7.01. The van der Waals surface area contributed by atoms with Gasteiger partial charge in [-0.05, 0) is 23.9 Å². The minimum absolute atomic E-state index is 0.0637. The highest BCUT2D eigenvalue weighted by molar-refractivity contribution is 6.24. The first kappa shape index (κ1) is 25.7. The van der Waals surface area contributed by atoms with Gasteiger partial charge in [0.15, 0.2) is 0 Å². The number of unbranched alkanes of at least 4 members (excludes halogenated alkanes) is 15. The number of carbonyl (C=O) groups is 1. The summed E-state index contributed by atoms with van der Waals surface area (Å²) < 4.78 is 5.87. The van der Waals surface area contributed by atoms with Crippen LogP contribution < -0.4 is 4.90 Å². The number of amides is 1. The molecule has 1 aliphatic heterocycles. The summed E-state index contributed by atoms with van der Waals surface area (Å²) in [5.74, 6) is 0.0637. The fourth-order valence-corrected chi connectivity index (χ4v) is 5.02. The first-order valence-corrected chi connectivity index (χ1v) is 13.7. The maximum atomic E-state index is 12.7. The SMILES string of the molecule is CCCCCCCCCCCCCCCCCCOCN1C(=O)c2cccc3cccc1c23. The average molecular weight is 452 g/mol. The lowest BCUT2D eigenvalue weighted by molar-refractivity contribution is 0.0887. The van der Waals surface area contributed by atoms with E-state index in [-0.39, 0.29) is 5.91 Å². The van der Waals surface area contributed by atoms with Crippen molar-refractivity contribution in [3.8, 4) is 0 Å². The molecule has 0 aromatic heterocycles. The molecule has 0 saturated carbocycles. The first-order valence-electron chi connectivity index (χ1n) is 13.7. The van der Waals surface area contributed by atoms with E-state index in [0.717, 1.165) is 35.1 Å². The van der Waals surface area contributed by atoms with Crippen LogP contribution in [0.5, 0.6) is 0 Å². The lowest BCUT2D eigenvalue weighted by Crippen LogP contribution is -2.29. The molecule has 2 aromatic rings. The van der Waals surface area contributed by atoms with Gasteiger partial charge in [0.25, 0.3) is 5.91 Å². The standard InChI is InChI=1S/C30H45NO2/c1-2-3-4-5-6-7-8-9-10-11-12-13-14-15-16-17-24-33-25-31-28-23-19-21-26-20-18-22-27(29(26)28)30(31)32/h18-23H,2-17,24-25H2,1H3. The lowest BCUT2D eigenvalue weighted by Gasteiger charge is -2.17. The van der Waals surface area contributed by atoms with E-state index in [9.17, 15) is 4.79 Å². The van der Waals surface area contributed by atoms with Crippen LogP contribution in [0.4, 0.5) is 5.69 Å². The number of nitrogens with zero attached hydrogens (tertiary/aromatic N) is 1. The zero-order chi connectivity index (χ0) is 23.1. The van der Waals surface area contributed by atoms with E-state index in [1.165, 1.54) is 96.3 Å². The predicted octanol–water partition coefficient (Wildman–Crippen LogP) is 9.04. The van der Waals surface area contributed by atoms with Crippen molar-refractivity contribution >= 4 is 22.4 Å². The summed E-state index contributed by atoms with van der Waals surface area (Å²) in [6.45, 7) is 3.37. The van der Waals surface area contributed by atoms with E-state index in [1.54, 1.807) is 4.90 Å². The average Bonchev–Trinajstić information content (AvgIpc) is 3.11. The Labute approximate surface area is 201 Å². The fourth-order valence-electron chi connectivity index (χ4n) is 5.02. The van der Waals surface area contributed by atoms with Crippen molar-refractivity contribution in [1.29, 1.82) is 0 Å². The minimum Gasteiger partial charge on any atom is -0.361 e. The highest BCUT2D eigenvalue weighted by Crippen LogP contribution is 2.36. The highest BCUT2D eigenvalue weighted by atomic mass is 16.5. The van der Waals surface area contributed by atoms with Crippen LogP contribution in [-0.2, 0) is 4.74 Å². The highest BCUT2D eigenvalue weighted by Gasteiger charge is 2.29. The quantitative estimate of drug-likeness (QED) is 0.199. The van der Waals surface area contributed by atoms with Crippen molar-refractivity contribution in [3.63, 3.8) is 0 Å². The Morgan fingerprint density at radius 1 is 0.667 bits per heavy atom. The van der Waals surface area contributed by atoms with E-state index in [2.05, 4.69) is 19.1 Å². The lowest BCUT2D eigenvalue weighted by atomic mass is 10.0. The molecule has 2 aromatic carbocycles. The van der Waals surface area contributed by atoms with Crippen molar-refractivity contribution in [3.05, 3.63) is 42.0 Å². The van der Waals surface area contributed by atoms with Crippen LogP contribution in [0.2, 0.25) is 0 Å². The molecule has 1 heterocycles. The summed E-state index contributed by atoms with van der Waals surface area (Å²) in [5, 5.41) is 2.19. The summed E-state index contributed by atoms with van der Waals surface area (Å²) in [5.41, 5.74) is 1.79. The van der Waals surface area contributed by atoms with E-state index in [4.69, 9.17) is 4.74 Å². The van der Waals surface area contributed by atoms with Crippen molar-refractivity contribution < 1.29 is 9.53 Å². The summed E-state index contributed by atoms with van der Waals surface area (Å²) >= 11 is 0. The van der Waals surface area contributed by atoms with Gasteiger partial charge in [0.05, 0.1) is 5.69 Å². The molecule has 33 heavy (non-hydrogen) atoms. The second-order valence-corrected chi connectivity index (χ2v) is 9.75. The number of hydrogen-bond donors (Lipinski definition) is 0. The molecule has 0 unspecified atom stereocenters. The largest absolute Gasteiger partial charge is 0.361 e. The predicted molar refractivity (Wildman–Crippen MR) is 141 cm³/mol. The van der Waals surface area contributed by atoms with Crippen LogP contribution in [0, 0.1) is 0 Å². The van der Waals surface area contributed by atoms with E-state index in [1.807, 2.05) is 24.3 Å². The van der Waals surface area contributed by atoms with Gasteiger partial charge in [-0.25, -0.2) is 0 Å². The molecule has 0 fully saturated rings. The molecule has 0 N–H and O–H groups in total. The molecule has 0 bridgehead atoms. The van der Waals surface area contributed by atoms with Crippen LogP contribution in [0.3, 0.4) is 0 Å². The zero-order valence-corrected chi connectivity index (χ0v) is 21.0. The maximum absolute atomic E-state index is 12.7. The van der Waals surface area contributed by atoms with Crippen molar-refractivity contribution in [2.75, 3.05) is 18.2 Å².